The molecule has 54 valence electrons. The first-order valence-electron chi connectivity index (χ1n) is 3.81. The smallest absolute Gasteiger partial charge is 0.0300 e. The van der Waals surface area contributed by atoms with Crippen LogP contribution in [0.4, 0.5) is 0 Å². The lowest BCUT2D eigenvalue weighted by Gasteiger charge is -2.07. The molecule has 9 heavy (non-hydrogen) atoms. The van der Waals surface area contributed by atoms with Crippen molar-refractivity contribution < 1.29 is 0 Å². The average molecular weight is 126 g/mol. The molecule has 0 aliphatic rings. The standard InChI is InChI=1S/C9H18/c1-5-6-9(4)7-8(2)3/h9H,2,5-7H2,1,3-4H3. The van der Waals surface area contributed by atoms with E-state index < -0.39 is 0 Å². The van der Waals surface area contributed by atoms with Gasteiger partial charge >= 0.3 is 0 Å². The molecule has 0 heterocycles. The summed E-state index contributed by atoms with van der Waals surface area (Å²) in [5.74, 6) is 0.840. The van der Waals surface area contributed by atoms with Crippen LogP contribution in [0, 0.1) is 5.92 Å². The van der Waals surface area contributed by atoms with Crippen LogP contribution in [0.1, 0.15) is 40.0 Å². The summed E-state index contributed by atoms with van der Waals surface area (Å²) in [4.78, 5) is 0. The third-order valence-electron chi connectivity index (χ3n) is 1.48. The summed E-state index contributed by atoms with van der Waals surface area (Å²) in [5, 5.41) is 0. The van der Waals surface area contributed by atoms with E-state index in [1.807, 2.05) is 0 Å². The second kappa shape index (κ2) is 4.60. The molecule has 0 saturated carbocycles. The van der Waals surface area contributed by atoms with Crippen LogP contribution < -0.4 is 0 Å². The Balaban J connectivity index is 3.26. The zero-order valence-corrected chi connectivity index (χ0v) is 6.91. The Hall–Kier alpha value is -0.260. The molecule has 0 spiro atoms. The largest absolute Gasteiger partial charge is 0.100 e. The first kappa shape index (κ1) is 8.74. The topological polar surface area (TPSA) is 0 Å². The van der Waals surface area contributed by atoms with Gasteiger partial charge in [-0.2, -0.15) is 0 Å². The zero-order chi connectivity index (χ0) is 7.28. The highest BCUT2D eigenvalue weighted by atomic mass is 14.0. The van der Waals surface area contributed by atoms with Gasteiger partial charge in [0, 0.05) is 0 Å². The van der Waals surface area contributed by atoms with E-state index >= 15 is 0 Å². The Morgan fingerprint density at radius 2 is 2.11 bits per heavy atom. The summed E-state index contributed by atoms with van der Waals surface area (Å²) >= 11 is 0. The van der Waals surface area contributed by atoms with Crippen molar-refractivity contribution in [3.8, 4) is 0 Å². The fourth-order valence-corrected chi connectivity index (χ4v) is 1.19. The molecule has 0 bridgehead atoms. The zero-order valence-electron chi connectivity index (χ0n) is 6.91. The van der Waals surface area contributed by atoms with Gasteiger partial charge in [0.2, 0.25) is 0 Å². The van der Waals surface area contributed by atoms with Gasteiger partial charge in [0.25, 0.3) is 0 Å². The Labute approximate surface area is 59.0 Å². The van der Waals surface area contributed by atoms with Crippen LogP contribution in [0.25, 0.3) is 0 Å². The van der Waals surface area contributed by atoms with Crippen molar-refractivity contribution in [2.45, 2.75) is 40.0 Å². The molecule has 0 aromatic rings. The van der Waals surface area contributed by atoms with Gasteiger partial charge in [-0.1, -0.05) is 32.3 Å². The van der Waals surface area contributed by atoms with Gasteiger partial charge in [0.15, 0.2) is 0 Å². The van der Waals surface area contributed by atoms with Crippen molar-refractivity contribution in [3.63, 3.8) is 0 Å². The van der Waals surface area contributed by atoms with Crippen LogP contribution in [0.5, 0.6) is 0 Å². The lowest BCUT2D eigenvalue weighted by molar-refractivity contribution is 0.521. The second-order valence-electron chi connectivity index (χ2n) is 3.06. The minimum atomic E-state index is 0.840. The molecule has 1 atom stereocenters. The van der Waals surface area contributed by atoms with E-state index in [4.69, 9.17) is 0 Å². The molecule has 0 aliphatic carbocycles. The Kier molecular flexibility index (Phi) is 4.47. The third kappa shape index (κ3) is 5.61. The SMILES string of the molecule is C=C(C)CC(C)CCC. The highest BCUT2D eigenvalue weighted by Gasteiger charge is 1.98. The fraction of sp³-hybridized carbons (Fsp3) is 0.778. The lowest BCUT2D eigenvalue weighted by atomic mass is 9.99. The lowest BCUT2D eigenvalue weighted by Crippen LogP contribution is -1.93. The van der Waals surface area contributed by atoms with Gasteiger partial charge in [-0.05, 0) is 19.3 Å². The minimum Gasteiger partial charge on any atom is -0.100 e. The van der Waals surface area contributed by atoms with Crippen molar-refractivity contribution in [1.29, 1.82) is 0 Å². The minimum absolute atomic E-state index is 0.840. The molecule has 0 aromatic carbocycles. The van der Waals surface area contributed by atoms with E-state index in [0.29, 0.717) is 0 Å². The quantitative estimate of drug-likeness (QED) is 0.506. The van der Waals surface area contributed by atoms with Crippen molar-refractivity contribution in [3.05, 3.63) is 12.2 Å². The van der Waals surface area contributed by atoms with Crippen LogP contribution in [0.15, 0.2) is 12.2 Å². The summed E-state index contributed by atoms with van der Waals surface area (Å²) in [6.45, 7) is 10.5. The number of allylic oxidation sites excluding steroid dienone is 1. The summed E-state index contributed by atoms with van der Waals surface area (Å²) in [6.07, 6.45) is 3.84. The molecule has 0 rings (SSSR count). The van der Waals surface area contributed by atoms with E-state index in [9.17, 15) is 0 Å². The van der Waals surface area contributed by atoms with Crippen molar-refractivity contribution in [1.82, 2.24) is 0 Å². The molecule has 0 radical (unpaired) electrons. The molecule has 0 nitrogen and oxygen atoms in total. The Morgan fingerprint density at radius 1 is 1.56 bits per heavy atom. The molecular weight excluding hydrogens is 108 g/mol. The molecule has 0 saturated heterocycles. The van der Waals surface area contributed by atoms with Crippen LogP contribution in [-0.2, 0) is 0 Å². The van der Waals surface area contributed by atoms with Gasteiger partial charge in [-0.25, -0.2) is 0 Å². The summed E-state index contributed by atoms with van der Waals surface area (Å²) in [5.41, 5.74) is 1.32. The van der Waals surface area contributed by atoms with Gasteiger partial charge in [0.1, 0.15) is 0 Å². The van der Waals surface area contributed by atoms with Gasteiger partial charge in [0.05, 0.1) is 0 Å². The van der Waals surface area contributed by atoms with Crippen molar-refractivity contribution >= 4 is 0 Å². The fourth-order valence-electron chi connectivity index (χ4n) is 1.19. The Bertz CT molecular complexity index is 82.0. The maximum Gasteiger partial charge on any atom is -0.0300 e. The molecule has 0 heteroatoms. The van der Waals surface area contributed by atoms with Gasteiger partial charge < -0.3 is 0 Å². The van der Waals surface area contributed by atoms with Crippen LogP contribution in [0.3, 0.4) is 0 Å². The van der Waals surface area contributed by atoms with E-state index in [2.05, 4.69) is 27.4 Å². The normalized spacial score (nSPS) is 13.2. The van der Waals surface area contributed by atoms with Crippen LogP contribution in [-0.4, -0.2) is 0 Å². The highest BCUT2D eigenvalue weighted by Crippen LogP contribution is 2.13. The predicted molar refractivity (Wildman–Crippen MR) is 43.5 cm³/mol. The first-order chi connectivity index (χ1) is 4.16. The van der Waals surface area contributed by atoms with Crippen LogP contribution in [0.2, 0.25) is 0 Å². The average Bonchev–Trinajstić information content (AvgIpc) is 1.63. The summed E-state index contributed by atoms with van der Waals surface area (Å²) in [7, 11) is 0. The van der Waals surface area contributed by atoms with Crippen molar-refractivity contribution in [2.75, 3.05) is 0 Å². The molecule has 0 aromatic heterocycles. The summed E-state index contributed by atoms with van der Waals surface area (Å²) in [6, 6.07) is 0. The number of hydrogen-bond acceptors (Lipinski definition) is 0. The molecule has 0 fully saturated rings. The van der Waals surface area contributed by atoms with E-state index in [-0.39, 0.29) is 0 Å². The summed E-state index contributed by atoms with van der Waals surface area (Å²) < 4.78 is 0. The monoisotopic (exact) mass is 126 g/mol. The molecule has 0 amide bonds. The molecule has 1 unspecified atom stereocenters. The van der Waals surface area contributed by atoms with E-state index in [1.54, 1.807) is 0 Å². The predicted octanol–water partition coefficient (Wildman–Crippen LogP) is 3.39. The van der Waals surface area contributed by atoms with Crippen LogP contribution >= 0.6 is 0 Å². The second-order valence-corrected chi connectivity index (χ2v) is 3.06. The third-order valence-corrected chi connectivity index (χ3v) is 1.48. The van der Waals surface area contributed by atoms with E-state index in [0.717, 1.165) is 5.92 Å². The molecule has 0 N–H and O–H groups in total. The first-order valence-corrected chi connectivity index (χ1v) is 3.81. The van der Waals surface area contributed by atoms with E-state index in [1.165, 1.54) is 24.8 Å². The molecule has 0 aliphatic heterocycles. The highest BCUT2D eigenvalue weighted by molar-refractivity contribution is 4.89. The Morgan fingerprint density at radius 3 is 2.44 bits per heavy atom. The number of rotatable bonds is 4. The van der Waals surface area contributed by atoms with Gasteiger partial charge in [-0.3, -0.25) is 0 Å². The molecular formula is C9H18. The maximum absolute atomic E-state index is 3.88. The number of hydrogen-bond donors (Lipinski definition) is 0. The van der Waals surface area contributed by atoms with Gasteiger partial charge in [-0.15, -0.1) is 6.58 Å². The van der Waals surface area contributed by atoms with Crippen molar-refractivity contribution in [2.24, 2.45) is 5.92 Å². The maximum atomic E-state index is 3.88.